The van der Waals surface area contributed by atoms with Crippen molar-refractivity contribution in [3.8, 4) is 5.75 Å². The predicted molar refractivity (Wildman–Crippen MR) is 93.4 cm³/mol. The topological polar surface area (TPSA) is 24.5 Å². The maximum Gasteiger partial charge on any atom is 0.143 e. The zero-order chi connectivity index (χ0) is 15.2. The van der Waals surface area contributed by atoms with Gasteiger partial charge >= 0.3 is 0 Å². The van der Waals surface area contributed by atoms with E-state index in [0.717, 1.165) is 15.9 Å². The number of hydrogen-bond acceptors (Lipinski definition) is 3. The Morgan fingerprint density at radius 3 is 2.86 bits per heavy atom. The molecule has 4 heteroatoms. The molecular formula is C17H27BrN2O. The highest BCUT2D eigenvalue weighted by atomic mass is 79.9. The van der Waals surface area contributed by atoms with E-state index in [4.69, 9.17) is 4.74 Å². The molecule has 21 heavy (non-hydrogen) atoms. The lowest BCUT2D eigenvalue weighted by molar-refractivity contribution is 0.285. The Morgan fingerprint density at radius 2 is 2.14 bits per heavy atom. The minimum Gasteiger partial charge on any atom is -0.495 e. The van der Waals surface area contributed by atoms with Gasteiger partial charge in [-0.2, -0.15) is 0 Å². The average molecular weight is 355 g/mol. The molecule has 0 aromatic heterocycles. The van der Waals surface area contributed by atoms with Crippen molar-refractivity contribution in [3.05, 3.63) is 22.2 Å². The van der Waals surface area contributed by atoms with E-state index in [9.17, 15) is 0 Å². The first-order chi connectivity index (χ1) is 10.1. The Hall–Kier alpha value is -0.740. The number of benzene rings is 1. The maximum absolute atomic E-state index is 5.54. The highest BCUT2D eigenvalue weighted by Gasteiger charge is 2.18. The molecule has 1 unspecified atom stereocenters. The van der Waals surface area contributed by atoms with Gasteiger partial charge in [0.05, 0.1) is 12.8 Å². The SMILES string of the molecule is CCCN1CCCC(Nc2c(C)cc(Br)cc2OC)CC1. The first-order valence-corrected chi connectivity index (χ1v) is 8.76. The van der Waals surface area contributed by atoms with Crippen LogP contribution >= 0.6 is 15.9 Å². The minimum atomic E-state index is 0.542. The molecule has 3 nitrogen and oxygen atoms in total. The van der Waals surface area contributed by atoms with Crippen molar-refractivity contribution >= 4 is 21.6 Å². The zero-order valence-electron chi connectivity index (χ0n) is 13.4. The van der Waals surface area contributed by atoms with Crippen LogP contribution in [0.2, 0.25) is 0 Å². The van der Waals surface area contributed by atoms with Crippen LogP contribution in [0.4, 0.5) is 5.69 Å². The molecule has 0 aliphatic carbocycles. The third kappa shape index (κ3) is 4.62. The normalized spacial score (nSPS) is 20.1. The fourth-order valence-electron chi connectivity index (χ4n) is 3.10. The fourth-order valence-corrected chi connectivity index (χ4v) is 3.65. The molecule has 0 amide bonds. The van der Waals surface area contributed by atoms with Crippen LogP contribution in [0.5, 0.6) is 5.75 Å². The van der Waals surface area contributed by atoms with Crippen molar-refractivity contribution in [2.45, 2.75) is 45.6 Å². The largest absolute Gasteiger partial charge is 0.495 e. The van der Waals surface area contributed by atoms with E-state index in [0.29, 0.717) is 6.04 Å². The second-order valence-corrected chi connectivity index (χ2v) is 6.83. The van der Waals surface area contributed by atoms with Crippen LogP contribution in [0.1, 0.15) is 38.2 Å². The summed E-state index contributed by atoms with van der Waals surface area (Å²) < 4.78 is 6.60. The van der Waals surface area contributed by atoms with Gasteiger partial charge in [-0.15, -0.1) is 0 Å². The summed E-state index contributed by atoms with van der Waals surface area (Å²) in [6.45, 7) is 8.06. The van der Waals surface area contributed by atoms with Gasteiger partial charge in [0.1, 0.15) is 5.75 Å². The molecule has 1 saturated heterocycles. The van der Waals surface area contributed by atoms with E-state index in [2.05, 4.69) is 46.1 Å². The zero-order valence-corrected chi connectivity index (χ0v) is 15.0. The van der Waals surface area contributed by atoms with Crippen molar-refractivity contribution in [3.63, 3.8) is 0 Å². The third-order valence-electron chi connectivity index (χ3n) is 4.19. The van der Waals surface area contributed by atoms with Crippen LogP contribution in [0.25, 0.3) is 0 Å². The van der Waals surface area contributed by atoms with Gasteiger partial charge < -0.3 is 15.0 Å². The first kappa shape index (κ1) is 16.6. The van der Waals surface area contributed by atoms with Crippen LogP contribution in [-0.4, -0.2) is 37.7 Å². The number of rotatable bonds is 5. The minimum absolute atomic E-state index is 0.542. The highest BCUT2D eigenvalue weighted by molar-refractivity contribution is 9.10. The number of methoxy groups -OCH3 is 1. The van der Waals surface area contributed by atoms with Crippen LogP contribution in [-0.2, 0) is 0 Å². The van der Waals surface area contributed by atoms with E-state index in [1.807, 2.05) is 6.07 Å². The number of aryl methyl sites for hydroxylation is 1. The van der Waals surface area contributed by atoms with Crippen molar-refractivity contribution < 1.29 is 4.74 Å². The van der Waals surface area contributed by atoms with E-state index in [1.165, 1.54) is 50.9 Å². The van der Waals surface area contributed by atoms with Crippen molar-refractivity contribution in [1.29, 1.82) is 0 Å². The van der Waals surface area contributed by atoms with Crippen LogP contribution in [0.15, 0.2) is 16.6 Å². The summed E-state index contributed by atoms with van der Waals surface area (Å²) in [4.78, 5) is 2.59. The third-order valence-corrected chi connectivity index (χ3v) is 4.65. The number of likely N-dealkylation sites (tertiary alicyclic amines) is 1. The van der Waals surface area contributed by atoms with Gasteiger partial charge in [0, 0.05) is 17.1 Å². The summed E-state index contributed by atoms with van der Waals surface area (Å²) in [5, 5.41) is 3.73. The molecule has 1 aliphatic heterocycles. The molecule has 1 aromatic rings. The second kappa shape index (κ2) is 8.04. The Labute approximate surface area is 137 Å². The van der Waals surface area contributed by atoms with Gasteiger partial charge in [0.15, 0.2) is 0 Å². The van der Waals surface area contributed by atoms with Gasteiger partial charge in [-0.1, -0.05) is 22.9 Å². The van der Waals surface area contributed by atoms with Gasteiger partial charge in [0.2, 0.25) is 0 Å². The van der Waals surface area contributed by atoms with Crippen molar-refractivity contribution in [2.75, 3.05) is 32.1 Å². The molecule has 2 rings (SSSR count). The van der Waals surface area contributed by atoms with Crippen molar-refractivity contribution in [1.82, 2.24) is 4.90 Å². The lowest BCUT2D eigenvalue weighted by atomic mass is 10.1. The molecule has 0 saturated carbocycles. The van der Waals surface area contributed by atoms with Crippen LogP contribution in [0, 0.1) is 6.92 Å². The number of nitrogens with zero attached hydrogens (tertiary/aromatic N) is 1. The first-order valence-electron chi connectivity index (χ1n) is 7.97. The Balaban J connectivity index is 2.04. The number of hydrogen-bond donors (Lipinski definition) is 1. The van der Waals surface area contributed by atoms with E-state index in [1.54, 1.807) is 7.11 Å². The van der Waals surface area contributed by atoms with Crippen molar-refractivity contribution in [2.24, 2.45) is 0 Å². The molecule has 1 aromatic carbocycles. The average Bonchev–Trinajstić information content (AvgIpc) is 2.67. The lowest BCUT2D eigenvalue weighted by Crippen LogP contribution is -2.27. The summed E-state index contributed by atoms with van der Waals surface area (Å²) in [6, 6.07) is 4.72. The maximum atomic E-state index is 5.54. The molecule has 118 valence electrons. The van der Waals surface area contributed by atoms with Gasteiger partial charge in [-0.3, -0.25) is 0 Å². The summed E-state index contributed by atoms with van der Waals surface area (Å²) in [5.74, 6) is 0.927. The summed E-state index contributed by atoms with van der Waals surface area (Å²) >= 11 is 3.54. The highest BCUT2D eigenvalue weighted by Crippen LogP contribution is 2.33. The molecule has 0 radical (unpaired) electrons. The standard InChI is InChI=1S/C17H27BrN2O/c1-4-8-20-9-5-6-15(7-10-20)19-17-13(2)11-14(18)12-16(17)21-3/h11-12,15,19H,4-10H2,1-3H3. The molecule has 0 bridgehead atoms. The molecule has 1 N–H and O–H groups in total. The molecule has 1 aliphatic rings. The van der Waals surface area contributed by atoms with Crippen LogP contribution < -0.4 is 10.1 Å². The quantitative estimate of drug-likeness (QED) is 0.845. The number of anilines is 1. The van der Waals surface area contributed by atoms with Gasteiger partial charge in [-0.05, 0) is 63.4 Å². The monoisotopic (exact) mass is 354 g/mol. The summed E-state index contributed by atoms with van der Waals surface area (Å²) in [7, 11) is 1.74. The van der Waals surface area contributed by atoms with Gasteiger partial charge in [-0.25, -0.2) is 0 Å². The van der Waals surface area contributed by atoms with E-state index < -0.39 is 0 Å². The summed E-state index contributed by atoms with van der Waals surface area (Å²) in [5.41, 5.74) is 2.38. The van der Waals surface area contributed by atoms with E-state index in [-0.39, 0.29) is 0 Å². The molecular weight excluding hydrogens is 328 g/mol. The number of halogens is 1. The van der Waals surface area contributed by atoms with Crippen LogP contribution in [0.3, 0.4) is 0 Å². The molecule has 1 fully saturated rings. The lowest BCUT2D eigenvalue weighted by Gasteiger charge is -2.22. The van der Waals surface area contributed by atoms with Gasteiger partial charge in [0.25, 0.3) is 0 Å². The summed E-state index contributed by atoms with van der Waals surface area (Å²) in [6.07, 6.45) is 4.96. The number of nitrogens with one attached hydrogen (secondary N) is 1. The molecule has 1 heterocycles. The molecule has 0 spiro atoms. The second-order valence-electron chi connectivity index (χ2n) is 5.91. The number of ether oxygens (including phenoxy) is 1. The predicted octanol–water partition coefficient (Wildman–Crippen LogP) is 4.44. The Morgan fingerprint density at radius 1 is 1.33 bits per heavy atom. The fraction of sp³-hybridized carbons (Fsp3) is 0.647. The smallest absolute Gasteiger partial charge is 0.143 e. The van der Waals surface area contributed by atoms with E-state index >= 15 is 0 Å². The molecule has 1 atom stereocenters. The Bertz CT molecular complexity index is 464. The Kier molecular flexibility index (Phi) is 6.37.